The third kappa shape index (κ3) is 8.35. The molecule has 0 unspecified atom stereocenters. The summed E-state index contributed by atoms with van der Waals surface area (Å²) in [6.45, 7) is 2.09. The van der Waals surface area contributed by atoms with Gasteiger partial charge in [0.25, 0.3) is 5.91 Å². The van der Waals surface area contributed by atoms with Crippen LogP contribution in [-0.2, 0) is 25.5 Å². The molecule has 2 amide bonds. The molecule has 6 nitrogen and oxygen atoms in total. The monoisotopic (exact) mass is 418 g/mol. The summed E-state index contributed by atoms with van der Waals surface area (Å²) >= 11 is 1.02. The predicted molar refractivity (Wildman–Crippen MR) is 111 cm³/mol. The highest BCUT2D eigenvalue weighted by Gasteiger charge is 2.11. The average Bonchev–Trinajstić information content (AvgIpc) is 2.69. The van der Waals surface area contributed by atoms with Crippen molar-refractivity contribution in [3.63, 3.8) is 0 Å². The summed E-state index contributed by atoms with van der Waals surface area (Å²) in [4.78, 5) is 35.2. The van der Waals surface area contributed by atoms with Gasteiger partial charge in [-0.15, -0.1) is 11.8 Å². The second-order valence-corrected chi connectivity index (χ2v) is 7.19. The lowest BCUT2D eigenvalue weighted by molar-refractivity contribution is -0.145. The normalized spacial score (nSPS) is 10.3. The molecule has 0 aliphatic heterocycles. The minimum atomic E-state index is -0.595. The molecule has 0 atom stereocenters. The third-order valence-electron chi connectivity index (χ3n) is 3.94. The number of halogens is 1. The molecule has 8 heteroatoms. The Kier molecular flexibility index (Phi) is 9.17. The molecule has 29 heavy (non-hydrogen) atoms. The number of carbonyl (C=O) groups excluding carboxylic acids is 3. The molecular weight excluding hydrogens is 395 g/mol. The van der Waals surface area contributed by atoms with Gasteiger partial charge in [-0.05, 0) is 36.6 Å². The van der Waals surface area contributed by atoms with E-state index in [1.165, 1.54) is 18.2 Å². The zero-order valence-electron chi connectivity index (χ0n) is 16.1. The van der Waals surface area contributed by atoms with E-state index in [2.05, 4.69) is 10.6 Å². The van der Waals surface area contributed by atoms with Crippen molar-refractivity contribution in [1.82, 2.24) is 5.32 Å². The molecule has 2 N–H and O–H groups in total. The van der Waals surface area contributed by atoms with Crippen LogP contribution < -0.4 is 10.6 Å². The number of anilines is 1. The molecule has 0 spiro atoms. The molecule has 2 rings (SSSR count). The largest absolute Gasteiger partial charge is 0.455 e. The predicted octanol–water partition coefficient (Wildman–Crippen LogP) is 2.71. The van der Waals surface area contributed by atoms with E-state index >= 15 is 0 Å². The van der Waals surface area contributed by atoms with Crippen LogP contribution in [-0.4, -0.2) is 42.4 Å². The Morgan fingerprint density at radius 2 is 1.72 bits per heavy atom. The Morgan fingerprint density at radius 3 is 2.48 bits per heavy atom. The SMILES string of the molecule is Cc1ccccc1CCNC(=O)COC(=O)CSCC(=O)Nc1ccccc1F. The number of hydrogen-bond donors (Lipinski definition) is 2. The van der Waals surface area contributed by atoms with E-state index in [-0.39, 0.29) is 29.7 Å². The molecule has 0 aliphatic carbocycles. The zero-order chi connectivity index (χ0) is 21.1. The van der Waals surface area contributed by atoms with Crippen LogP contribution in [0.5, 0.6) is 0 Å². The van der Waals surface area contributed by atoms with E-state index in [0.717, 1.165) is 22.9 Å². The van der Waals surface area contributed by atoms with Gasteiger partial charge in [0, 0.05) is 6.54 Å². The van der Waals surface area contributed by atoms with Crippen molar-refractivity contribution in [1.29, 1.82) is 0 Å². The van der Waals surface area contributed by atoms with Gasteiger partial charge >= 0.3 is 5.97 Å². The summed E-state index contributed by atoms with van der Waals surface area (Å²) in [6, 6.07) is 13.7. The van der Waals surface area contributed by atoms with Crippen LogP contribution in [0, 0.1) is 12.7 Å². The smallest absolute Gasteiger partial charge is 0.316 e. The van der Waals surface area contributed by atoms with Crippen LogP contribution in [0.3, 0.4) is 0 Å². The van der Waals surface area contributed by atoms with E-state index < -0.39 is 17.7 Å². The van der Waals surface area contributed by atoms with Gasteiger partial charge in [0.1, 0.15) is 5.82 Å². The maximum atomic E-state index is 13.4. The number of benzene rings is 2. The van der Waals surface area contributed by atoms with Gasteiger partial charge < -0.3 is 15.4 Å². The second kappa shape index (κ2) is 11.9. The topological polar surface area (TPSA) is 84.5 Å². The summed E-state index contributed by atoms with van der Waals surface area (Å²) in [5.74, 6) is -2.05. The van der Waals surface area contributed by atoms with Gasteiger partial charge in [-0.1, -0.05) is 36.4 Å². The maximum absolute atomic E-state index is 13.4. The molecule has 0 aliphatic rings. The number of aryl methyl sites for hydroxylation is 1. The summed E-state index contributed by atoms with van der Waals surface area (Å²) in [7, 11) is 0. The summed E-state index contributed by atoms with van der Waals surface area (Å²) < 4.78 is 18.3. The van der Waals surface area contributed by atoms with E-state index in [9.17, 15) is 18.8 Å². The molecule has 2 aromatic rings. The number of ether oxygens (including phenoxy) is 1. The number of carbonyl (C=O) groups is 3. The van der Waals surface area contributed by atoms with Crippen molar-refractivity contribution >= 4 is 35.2 Å². The number of hydrogen-bond acceptors (Lipinski definition) is 5. The second-order valence-electron chi connectivity index (χ2n) is 6.21. The average molecular weight is 418 g/mol. The third-order valence-corrected chi connectivity index (χ3v) is 4.85. The Balaban J connectivity index is 1.57. The van der Waals surface area contributed by atoms with Crippen LogP contribution in [0.15, 0.2) is 48.5 Å². The molecule has 0 saturated heterocycles. The lowest BCUT2D eigenvalue weighted by atomic mass is 10.1. The molecule has 0 heterocycles. The van der Waals surface area contributed by atoms with E-state index in [1.54, 1.807) is 6.07 Å². The van der Waals surface area contributed by atoms with Crippen LogP contribution in [0.25, 0.3) is 0 Å². The van der Waals surface area contributed by atoms with Crippen molar-refractivity contribution in [2.75, 3.05) is 30.0 Å². The lowest BCUT2D eigenvalue weighted by Gasteiger charge is -2.08. The first-order valence-electron chi connectivity index (χ1n) is 9.04. The van der Waals surface area contributed by atoms with Gasteiger partial charge in [0.2, 0.25) is 5.91 Å². The molecule has 0 aromatic heterocycles. The van der Waals surface area contributed by atoms with Gasteiger partial charge in [-0.2, -0.15) is 0 Å². The number of rotatable bonds is 10. The maximum Gasteiger partial charge on any atom is 0.316 e. The highest BCUT2D eigenvalue weighted by Crippen LogP contribution is 2.13. The van der Waals surface area contributed by atoms with Crippen LogP contribution in [0.2, 0.25) is 0 Å². The van der Waals surface area contributed by atoms with E-state index in [1.807, 2.05) is 31.2 Å². The Hall–Kier alpha value is -2.87. The van der Waals surface area contributed by atoms with E-state index in [0.29, 0.717) is 13.0 Å². The van der Waals surface area contributed by atoms with Crippen molar-refractivity contribution < 1.29 is 23.5 Å². The highest BCUT2D eigenvalue weighted by atomic mass is 32.2. The Labute approximate surface area is 173 Å². The van der Waals surface area contributed by atoms with Crippen molar-refractivity contribution in [3.05, 3.63) is 65.5 Å². The van der Waals surface area contributed by atoms with Crippen molar-refractivity contribution in [3.8, 4) is 0 Å². The fourth-order valence-electron chi connectivity index (χ4n) is 2.44. The quantitative estimate of drug-likeness (QED) is 0.580. The first kappa shape index (κ1) is 22.4. The van der Waals surface area contributed by atoms with Gasteiger partial charge in [-0.3, -0.25) is 14.4 Å². The lowest BCUT2D eigenvalue weighted by Crippen LogP contribution is -2.31. The number of thioether (sulfide) groups is 1. The van der Waals surface area contributed by atoms with Gasteiger partial charge in [0.05, 0.1) is 17.2 Å². The molecule has 0 bridgehead atoms. The van der Waals surface area contributed by atoms with Crippen molar-refractivity contribution in [2.24, 2.45) is 0 Å². The van der Waals surface area contributed by atoms with Crippen molar-refractivity contribution in [2.45, 2.75) is 13.3 Å². The number of para-hydroxylation sites is 1. The minimum Gasteiger partial charge on any atom is -0.455 e. The Bertz CT molecular complexity index is 860. The minimum absolute atomic E-state index is 0.0357. The molecule has 0 radical (unpaired) electrons. The van der Waals surface area contributed by atoms with E-state index in [4.69, 9.17) is 4.74 Å². The Morgan fingerprint density at radius 1 is 1.00 bits per heavy atom. The molecular formula is C21H23FN2O4S. The highest BCUT2D eigenvalue weighted by molar-refractivity contribution is 8.00. The zero-order valence-corrected chi connectivity index (χ0v) is 16.9. The van der Waals surface area contributed by atoms with Gasteiger partial charge in [0.15, 0.2) is 6.61 Å². The fourth-order valence-corrected chi connectivity index (χ4v) is 3.05. The number of nitrogens with one attached hydrogen (secondary N) is 2. The van der Waals surface area contributed by atoms with Crippen LogP contribution in [0.1, 0.15) is 11.1 Å². The summed E-state index contributed by atoms with van der Waals surface area (Å²) in [5, 5.41) is 5.12. The molecule has 0 saturated carbocycles. The molecule has 154 valence electrons. The first-order valence-corrected chi connectivity index (χ1v) is 10.2. The number of amides is 2. The standard InChI is InChI=1S/C21H23FN2O4S/c1-15-6-2-3-7-16(15)10-11-23-19(25)12-28-21(27)14-29-13-20(26)24-18-9-5-4-8-17(18)22/h2-9H,10-14H2,1H3,(H,23,25)(H,24,26). The van der Waals surface area contributed by atoms with Crippen LogP contribution in [0.4, 0.5) is 10.1 Å². The molecule has 2 aromatic carbocycles. The summed E-state index contributed by atoms with van der Waals surface area (Å²) in [5.41, 5.74) is 2.39. The first-order chi connectivity index (χ1) is 14.0. The summed E-state index contributed by atoms with van der Waals surface area (Å²) in [6.07, 6.45) is 0.694. The number of esters is 1. The van der Waals surface area contributed by atoms with Gasteiger partial charge in [-0.25, -0.2) is 4.39 Å². The van der Waals surface area contributed by atoms with Crippen LogP contribution >= 0.6 is 11.8 Å². The molecule has 0 fully saturated rings. The fraction of sp³-hybridized carbons (Fsp3) is 0.286.